The molecule has 4 aromatic heterocycles. The topological polar surface area (TPSA) is 73.9 Å². The van der Waals surface area contributed by atoms with Crippen molar-refractivity contribution in [3.05, 3.63) is 289 Å². The monoisotopic (exact) mass is 1180 g/mol. The number of nitrogens with zero attached hydrogens (tertiary/aromatic N) is 4. The summed E-state index contributed by atoms with van der Waals surface area (Å²) in [5.41, 5.74) is 16.8. The number of benzene rings is 13. The van der Waals surface area contributed by atoms with Gasteiger partial charge in [0.05, 0.1) is 17.1 Å². The average Bonchev–Trinajstić information content (AvgIpc) is 1.57. The molecule has 91 heavy (non-hydrogen) atoms. The minimum Gasteiger partial charge on any atom is -0.457 e. The van der Waals surface area contributed by atoms with Crippen LogP contribution in [0.5, 0.6) is 11.5 Å². The number of furan rings is 1. The summed E-state index contributed by atoms with van der Waals surface area (Å²) in [6.07, 6.45) is 0. The van der Waals surface area contributed by atoms with E-state index in [0.29, 0.717) is 5.82 Å². The SMILES string of the molecule is CC1(C)c2ccccc2Oc2ccc(-c3cccc(-c4nc(-c5ccccc5)c5c(n4)C(C)(C)c4ccc6ccccc6c4-5)c3)cc21.c1ccc(-c2nc(-c3ccc4c(c3)oc3c4ccc4c5ccccc5ccc43)nc3sc4cc5ccccc5cc4c23)cc1. The van der Waals surface area contributed by atoms with Crippen molar-refractivity contribution in [1.82, 2.24) is 19.9 Å². The van der Waals surface area contributed by atoms with Crippen molar-refractivity contribution in [2.75, 3.05) is 0 Å². The third-order valence-corrected chi connectivity index (χ3v) is 20.2. The fourth-order valence-electron chi connectivity index (χ4n) is 14.5. The molecule has 13 aromatic carbocycles. The Morgan fingerprint density at radius 2 is 0.901 bits per heavy atom. The van der Waals surface area contributed by atoms with Crippen molar-refractivity contribution in [3.63, 3.8) is 0 Å². The van der Waals surface area contributed by atoms with Crippen LogP contribution in [0.15, 0.2) is 271 Å². The molecule has 0 radical (unpaired) electrons. The largest absolute Gasteiger partial charge is 0.457 e. The molecule has 0 spiro atoms. The molecule has 0 fully saturated rings. The lowest BCUT2D eigenvalue weighted by molar-refractivity contribution is 0.418. The third-order valence-electron chi connectivity index (χ3n) is 19.2. The molecule has 0 amide bonds. The van der Waals surface area contributed by atoms with Gasteiger partial charge < -0.3 is 9.15 Å². The van der Waals surface area contributed by atoms with Crippen LogP contribution in [0.25, 0.3) is 153 Å². The van der Waals surface area contributed by atoms with Crippen molar-refractivity contribution in [3.8, 4) is 79.0 Å². The van der Waals surface area contributed by atoms with Crippen molar-refractivity contribution in [2.45, 2.75) is 38.5 Å². The number of hydrogen-bond donors (Lipinski definition) is 0. The maximum atomic E-state index is 6.62. The van der Waals surface area contributed by atoms with Gasteiger partial charge in [0, 0.05) is 81.4 Å². The maximum absolute atomic E-state index is 6.62. The quantitative estimate of drug-likeness (QED) is 0.160. The van der Waals surface area contributed by atoms with Gasteiger partial charge in [-0.25, -0.2) is 19.9 Å². The van der Waals surface area contributed by atoms with Gasteiger partial charge in [0.15, 0.2) is 11.6 Å². The Balaban J connectivity index is 0.000000135. The average molecular weight is 1190 g/mol. The second-order valence-corrected chi connectivity index (χ2v) is 26.2. The molecule has 7 heteroatoms. The van der Waals surface area contributed by atoms with Crippen molar-refractivity contribution in [2.24, 2.45) is 0 Å². The Morgan fingerprint density at radius 3 is 1.71 bits per heavy atom. The van der Waals surface area contributed by atoms with Crippen LogP contribution in [0, 0.1) is 0 Å². The fourth-order valence-corrected chi connectivity index (χ4v) is 15.6. The first-order valence-electron chi connectivity index (χ1n) is 31.1. The molecular weight excluding hydrogens is 1130 g/mol. The summed E-state index contributed by atoms with van der Waals surface area (Å²) < 4.78 is 14.2. The van der Waals surface area contributed by atoms with Crippen molar-refractivity contribution in [1.29, 1.82) is 0 Å². The van der Waals surface area contributed by atoms with Gasteiger partial charge in [-0.3, -0.25) is 0 Å². The zero-order valence-electron chi connectivity index (χ0n) is 50.4. The third kappa shape index (κ3) is 8.38. The Kier molecular flexibility index (Phi) is 11.8. The van der Waals surface area contributed by atoms with Gasteiger partial charge in [-0.05, 0) is 121 Å². The van der Waals surface area contributed by atoms with E-state index in [1.165, 1.54) is 70.0 Å². The van der Waals surface area contributed by atoms with Crippen LogP contribution in [0.4, 0.5) is 0 Å². The number of aromatic nitrogens is 4. The van der Waals surface area contributed by atoms with E-state index in [0.717, 1.165) is 111 Å². The summed E-state index contributed by atoms with van der Waals surface area (Å²) in [7, 11) is 0. The molecule has 0 atom stereocenters. The highest BCUT2D eigenvalue weighted by Crippen LogP contribution is 2.55. The first-order chi connectivity index (χ1) is 44.6. The summed E-state index contributed by atoms with van der Waals surface area (Å²) in [4.78, 5) is 22.2. The van der Waals surface area contributed by atoms with E-state index in [-0.39, 0.29) is 10.8 Å². The molecule has 0 unspecified atom stereocenters. The van der Waals surface area contributed by atoms with Crippen LogP contribution in [0.1, 0.15) is 50.1 Å². The van der Waals surface area contributed by atoms with Crippen LogP contribution in [0.3, 0.4) is 0 Å². The number of rotatable bonds is 5. The van der Waals surface area contributed by atoms with Gasteiger partial charge in [0.1, 0.15) is 27.5 Å². The predicted octanol–water partition coefficient (Wildman–Crippen LogP) is 22.9. The van der Waals surface area contributed by atoms with E-state index in [1.807, 2.05) is 12.1 Å². The smallest absolute Gasteiger partial charge is 0.161 e. The Hall–Kier alpha value is -11.1. The van der Waals surface area contributed by atoms with E-state index in [4.69, 9.17) is 29.1 Å². The van der Waals surface area contributed by atoms with Crippen molar-refractivity contribution < 1.29 is 9.15 Å². The van der Waals surface area contributed by atoms with Gasteiger partial charge in [-0.15, -0.1) is 11.3 Å². The Bertz CT molecular complexity index is 5880. The first kappa shape index (κ1) is 53.0. The number of hydrogen-bond acceptors (Lipinski definition) is 7. The van der Waals surface area contributed by atoms with Gasteiger partial charge in [-0.2, -0.15) is 0 Å². The van der Waals surface area contributed by atoms with E-state index in [1.54, 1.807) is 11.3 Å². The minimum atomic E-state index is -0.284. The highest BCUT2D eigenvalue weighted by molar-refractivity contribution is 7.25. The van der Waals surface area contributed by atoms with Crippen LogP contribution < -0.4 is 4.74 Å². The molecule has 0 bridgehead atoms. The highest BCUT2D eigenvalue weighted by atomic mass is 32.1. The first-order valence-corrected chi connectivity index (χ1v) is 31.9. The van der Waals surface area contributed by atoms with Crippen LogP contribution >= 0.6 is 11.3 Å². The fraction of sp³-hybridized carbons (Fsp3) is 0.0714. The lowest BCUT2D eigenvalue weighted by Gasteiger charge is -2.34. The zero-order valence-corrected chi connectivity index (χ0v) is 51.2. The summed E-state index contributed by atoms with van der Waals surface area (Å²) >= 11 is 1.73. The minimum absolute atomic E-state index is 0.184. The zero-order chi connectivity index (χ0) is 60.7. The second kappa shape index (κ2) is 20.2. The molecule has 6 nitrogen and oxygen atoms in total. The maximum Gasteiger partial charge on any atom is 0.161 e. The van der Waals surface area contributed by atoms with Crippen LogP contribution in [0.2, 0.25) is 0 Å². The number of fused-ring (bicyclic) bond motifs is 18. The molecular formula is C84H56N4O2S. The van der Waals surface area contributed by atoms with Gasteiger partial charge in [0.25, 0.3) is 0 Å². The Morgan fingerprint density at radius 1 is 0.330 bits per heavy atom. The van der Waals surface area contributed by atoms with E-state index >= 15 is 0 Å². The Labute approximate surface area is 529 Å². The summed E-state index contributed by atoms with van der Waals surface area (Å²) in [5.74, 6) is 3.29. The van der Waals surface area contributed by atoms with Gasteiger partial charge in [-0.1, -0.05) is 234 Å². The van der Waals surface area contributed by atoms with E-state index < -0.39 is 0 Å². The normalized spacial score (nSPS) is 13.5. The summed E-state index contributed by atoms with van der Waals surface area (Å²) in [5, 5.41) is 14.2. The second-order valence-electron chi connectivity index (χ2n) is 25.2. The van der Waals surface area contributed by atoms with E-state index in [2.05, 4.69) is 282 Å². The highest BCUT2D eigenvalue weighted by Gasteiger charge is 2.41. The molecule has 2 aliphatic rings. The molecule has 19 rings (SSSR count). The predicted molar refractivity (Wildman–Crippen MR) is 378 cm³/mol. The summed E-state index contributed by atoms with van der Waals surface area (Å²) in [6.45, 7) is 9.15. The van der Waals surface area contributed by atoms with Crippen molar-refractivity contribution >= 4 is 96.7 Å². The lowest BCUT2D eigenvalue weighted by atomic mass is 9.75. The van der Waals surface area contributed by atoms with Crippen LogP contribution in [-0.2, 0) is 10.8 Å². The van der Waals surface area contributed by atoms with Gasteiger partial charge in [0.2, 0.25) is 0 Å². The van der Waals surface area contributed by atoms with Gasteiger partial charge >= 0.3 is 0 Å². The summed E-state index contributed by atoms with van der Waals surface area (Å²) in [6, 6.07) is 94.5. The standard InChI is InChI=1S/C44H34N2O.C40H22N2OS/c1-43(2)33-19-10-11-20-36(33)47-37-24-22-30(26-35(37)43)29-16-12-17-31(25-29)42-45-40(28-14-6-5-7-15-28)39-38-32-18-9-8-13-27(32)21-23-34(38)44(3,4)41(39)46-42;1-2-9-24(10-3-1)37-36-33-20-25-11-4-5-12-26(25)22-35(33)44-40(36)42-39(41-37)27-15-16-30-32-19-18-29-28-13-7-6-8-23(28)14-17-31(29)38(32)43-34(30)21-27/h5-26H,1-4H3;1-22H. The number of ether oxygens (including phenoxy) is 1. The number of thiophene rings is 1. The molecule has 430 valence electrons. The molecule has 0 saturated carbocycles. The molecule has 5 heterocycles. The lowest BCUT2D eigenvalue weighted by Crippen LogP contribution is -2.24. The van der Waals surface area contributed by atoms with Crippen LogP contribution in [-0.4, -0.2) is 19.9 Å². The molecule has 1 aliphatic carbocycles. The number of para-hydroxylation sites is 1. The molecule has 1 aliphatic heterocycles. The molecule has 0 N–H and O–H groups in total. The molecule has 0 saturated heterocycles. The molecule has 17 aromatic rings. The van der Waals surface area contributed by atoms with E-state index in [9.17, 15) is 0 Å².